The number of nitrogens with one attached hydrogen (secondary N) is 1. The van der Waals surface area contributed by atoms with Gasteiger partial charge >= 0.3 is 6.09 Å². The van der Waals surface area contributed by atoms with Gasteiger partial charge in [0.1, 0.15) is 11.3 Å². The van der Waals surface area contributed by atoms with Gasteiger partial charge < -0.3 is 15.0 Å². The molecule has 0 aromatic carbocycles. The second-order valence-electron chi connectivity index (χ2n) is 7.14. The van der Waals surface area contributed by atoms with Crippen molar-refractivity contribution in [2.45, 2.75) is 46.1 Å². The van der Waals surface area contributed by atoms with Crippen LogP contribution in [-0.2, 0) is 14.3 Å². The molecule has 1 rings (SSSR count). The summed E-state index contributed by atoms with van der Waals surface area (Å²) in [4.78, 5) is 36.8. The van der Waals surface area contributed by atoms with E-state index in [4.69, 9.17) is 4.74 Å². The number of nitrogens with zero attached hydrogens (tertiary/aromatic N) is 3. The van der Waals surface area contributed by atoms with Gasteiger partial charge in [0.05, 0.1) is 0 Å². The zero-order valence-corrected chi connectivity index (χ0v) is 15.4. The molecule has 0 spiro atoms. The Bertz CT molecular complexity index is 525. The quantitative estimate of drug-likeness (QED) is 0.814. The van der Waals surface area contributed by atoms with Crippen molar-refractivity contribution in [1.82, 2.24) is 15.2 Å². The highest BCUT2D eigenvalue weighted by molar-refractivity contribution is 6.39. The summed E-state index contributed by atoms with van der Waals surface area (Å²) in [7, 11) is 3.20. The van der Waals surface area contributed by atoms with Gasteiger partial charge in [0.25, 0.3) is 5.91 Å². The number of ether oxygens (including phenoxy) is 1. The average molecular weight is 340 g/mol. The first kappa shape index (κ1) is 19.9. The van der Waals surface area contributed by atoms with Crippen molar-refractivity contribution in [2.24, 2.45) is 11.0 Å². The highest BCUT2D eigenvalue weighted by Crippen LogP contribution is 2.10. The van der Waals surface area contributed by atoms with Gasteiger partial charge in [-0.05, 0) is 26.7 Å². The molecule has 0 bridgehead atoms. The highest BCUT2D eigenvalue weighted by Gasteiger charge is 2.23. The molecular formula is C16H28N4O4. The maximum atomic E-state index is 12.1. The Balaban J connectivity index is 2.42. The largest absolute Gasteiger partial charge is 0.444 e. The van der Waals surface area contributed by atoms with E-state index < -0.39 is 11.7 Å². The first-order chi connectivity index (χ1) is 11.0. The Labute approximate surface area is 143 Å². The Morgan fingerprint density at radius 2 is 2.00 bits per heavy atom. The van der Waals surface area contributed by atoms with Crippen molar-refractivity contribution in [3.05, 3.63) is 0 Å². The van der Waals surface area contributed by atoms with E-state index in [0.717, 1.165) is 0 Å². The molecule has 0 aromatic rings. The zero-order valence-electron chi connectivity index (χ0n) is 15.4. The van der Waals surface area contributed by atoms with Crippen LogP contribution in [0.1, 0.15) is 40.5 Å². The number of hydrogen-bond donors (Lipinski definition) is 1. The number of carbonyl (C=O) groups is 3. The molecule has 8 heteroatoms. The van der Waals surface area contributed by atoms with Crippen molar-refractivity contribution in [3.8, 4) is 0 Å². The summed E-state index contributed by atoms with van der Waals surface area (Å²) in [6.07, 6.45) is 0.249. The summed E-state index contributed by atoms with van der Waals surface area (Å²) in [5, 5.41) is 7.96. The topological polar surface area (TPSA) is 91.3 Å². The Morgan fingerprint density at radius 3 is 2.54 bits per heavy atom. The molecule has 1 aliphatic rings. The second kappa shape index (κ2) is 8.12. The number of amides is 3. The first-order valence-electron chi connectivity index (χ1n) is 8.06. The van der Waals surface area contributed by atoms with Crippen LogP contribution in [0.3, 0.4) is 0 Å². The summed E-state index contributed by atoms with van der Waals surface area (Å²) in [6.45, 7) is 8.24. The summed E-state index contributed by atoms with van der Waals surface area (Å²) in [5.74, 6) is -0.324. The number of carbonyl (C=O) groups excluding carboxylic acids is 3. The van der Waals surface area contributed by atoms with Gasteiger partial charge in [0.15, 0.2) is 0 Å². The van der Waals surface area contributed by atoms with Crippen molar-refractivity contribution >= 4 is 23.6 Å². The fourth-order valence-electron chi connectivity index (χ4n) is 2.15. The van der Waals surface area contributed by atoms with E-state index in [-0.39, 0.29) is 17.7 Å². The summed E-state index contributed by atoms with van der Waals surface area (Å²) in [5.41, 5.74) is -0.185. The van der Waals surface area contributed by atoms with Crippen LogP contribution in [0.2, 0.25) is 0 Å². The van der Waals surface area contributed by atoms with Crippen molar-refractivity contribution < 1.29 is 19.1 Å². The molecule has 24 heavy (non-hydrogen) atoms. The van der Waals surface area contributed by atoms with Crippen LogP contribution in [0.5, 0.6) is 0 Å². The van der Waals surface area contributed by atoms with Gasteiger partial charge in [-0.3, -0.25) is 9.59 Å². The van der Waals surface area contributed by atoms with Gasteiger partial charge in [0, 0.05) is 40.0 Å². The fraction of sp³-hybridized carbons (Fsp3) is 0.750. The van der Waals surface area contributed by atoms with Gasteiger partial charge in [-0.25, -0.2) is 9.80 Å². The maximum Gasteiger partial charge on any atom is 0.410 e. The molecule has 0 saturated carbocycles. The lowest BCUT2D eigenvalue weighted by Crippen LogP contribution is -2.42. The molecule has 0 radical (unpaired) electrons. The van der Waals surface area contributed by atoms with E-state index in [1.165, 1.54) is 17.0 Å². The van der Waals surface area contributed by atoms with E-state index in [9.17, 15) is 14.4 Å². The minimum absolute atomic E-state index is 0.0509. The van der Waals surface area contributed by atoms with Crippen LogP contribution in [-0.4, -0.2) is 66.3 Å². The summed E-state index contributed by atoms with van der Waals surface area (Å²) < 4.78 is 5.29. The molecule has 0 saturated heterocycles. The minimum Gasteiger partial charge on any atom is -0.444 e. The summed E-state index contributed by atoms with van der Waals surface area (Å²) in [6, 6.07) is 0. The van der Waals surface area contributed by atoms with Gasteiger partial charge in [0.2, 0.25) is 5.91 Å². The molecule has 0 unspecified atom stereocenters. The number of rotatable bonds is 5. The van der Waals surface area contributed by atoms with Crippen LogP contribution in [0, 0.1) is 5.92 Å². The number of hydrazone groups is 1. The lowest BCUT2D eigenvalue weighted by Gasteiger charge is -2.26. The van der Waals surface area contributed by atoms with E-state index in [1.54, 1.807) is 7.05 Å². The molecule has 1 atom stereocenters. The van der Waals surface area contributed by atoms with E-state index in [0.29, 0.717) is 31.6 Å². The smallest absolute Gasteiger partial charge is 0.410 e. The predicted molar refractivity (Wildman–Crippen MR) is 90.5 cm³/mol. The van der Waals surface area contributed by atoms with Crippen LogP contribution in [0.25, 0.3) is 0 Å². The lowest BCUT2D eigenvalue weighted by molar-refractivity contribution is -0.130. The zero-order chi connectivity index (χ0) is 18.5. The molecule has 0 aliphatic carbocycles. The van der Waals surface area contributed by atoms with Gasteiger partial charge in [-0.1, -0.05) is 6.92 Å². The Hall–Kier alpha value is -2.12. The molecule has 3 amide bonds. The standard InChI is InChI=1S/C16H28N4O4/c1-11(10-19(5)15(23)24-16(2,3)4)9-17-14(22)12-7-8-13(21)20(6)18-12/h11H,7-10H2,1-6H3,(H,17,22)/t11-/m1/s1. The van der Waals surface area contributed by atoms with Crippen molar-refractivity contribution in [3.63, 3.8) is 0 Å². The van der Waals surface area contributed by atoms with Crippen molar-refractivity contribution in [1.29, 1.82) is 0 Å². The van der Waals surface area contributed by atoms with E-state index in [1.807, 2.05) is 27.7 Å². The molecular weight excluding hydrogens is 312 g/mol. The third-order valence-corrected chi connectivity index (χ3v) is 3.37. The van der Waals surface area contributed by atoms with Crippen LogP contribution >= 0.6 is 0 Å². The second-order valence-corrected chi connectivity index (χ2v) is 7.14. The Morgan fingerprint density at radius 1 is 1.38 bits per heavy atom. The average Bonchev–Trinajstić information content (AvgIpc) is 2.45. The van der Waals surface area contributed by atoms with E-state index >= 15 is 0 Å². The molecule has 136 valence electrons. The minimum atomic E-state index is -0.536. The third-order valence-electron chi connectivity index (χ3n) is 3.37. The fourth-order valence-corrected chi connectivity index (χ4v) is 2.15. The highest BCUT2D eigenvalue weighted by atomic mass is 16.6. The molecule has 0 aromatic heterocycles. The first-order valence-corrected chi connectivity index (χ1v) is 8.06. The normalized spacial score (nSPS) is 16.3. The summed E-state index contributed by atoms with van der Waals surface area (Å²) >= 11 is 0. The number of hydrogen-bond acceptors (Lipinski definition) is 5. The van der Waals surface area contributed by atoms with Crippen LogP contribution < -0.4 is 5.32 Å². The van der Waals surface area contributed by atoms with Crippen LogP contribution in [0.4, 0.5) is 4.79 Å². The molecule has 8 nitrogen and oxygen atoms in total. The van der Waals surface area contributed by atoms with Gasteiger partial charge in [-0.2, -0.15) is 5.10 Å². The lowest BCUT2D eigenvalue weighted by atomic mass is 10.1. The Kier molecular flexibility index (Phi) is 6.74. The third kappa shape index (κ3) is 6.55. The molecule has 1 heterocycles. The molecule has 1 N–H and O–H groups in total. The van der Waals surface area contributed by atoms with E-state index in [2.05, 4.69) is 10.4 Å². The van der Waals surface area contributed by atoms with Crippen LogP contribution in [0.15, 0.2) is 5.10 Å². The maximum absolute atomic E-state index is 12.1. The molecule has 0 fully saturated rings. The molecule has 1 aliphatic heterocycles. The predicted octanol–water partition coefficient (Wildman–Crippen LogP) is 1.21. The van der Waals surface area contributed by atoms with Gasteiger partial charge in [-0.15, -0.1) is 0 Å². The SMILES string of the molecule is C[C@H](CNC(=O)C1=NN(C)C(=O)CC1)CN(C)C(=O)OC(C)(C)C. The van der Waals surface area contributed by atoms with Crippen molar-refractivity contribution in [2.75, 3.05) is 27.2 Å². The monoisotopic (exact) mass is 340 g/mol.